The second-order valence-electron chi connectivity index (χ2n) is 5.94. The Balaban J connectivity index is 1.80. The molecule has 3 rings (SSSR count). The lowest BCUT2D eigenvalue weighted by atomic mass is 9.98. The van der Waals surface area contributed by atoms with E-state index in [1.54, 1.807) is 7.11 Å². The summed E-state index contributed by atoms with van der Waals surface area (Å²) in [7, 11) is 1.69. The molecule has 0 saturated carbocycles. The van der Waals surface area contributed by atoms with E-state index in [1.165, 1.54) is 33.6 Å². The summed E-state index contributed by atoms with van der Waals surface area (Å²) < 4.78 is 5.22. The van der Waals surface area contributed by atoms with E-state index in [9.17, 15) is 0 Å². The van der Waals surface area contributed by atoms with Crippen LogP contribution in [0, 0.1) is 0 Å². The second kappa shape index (κ2) is 7.35. The van der Waals surface area contributed by atoms with E-state index in [0.717, 1.165) is 25.0 Å². The zero-order valence-electron chi connectivity index (χ0n) is 14.6. The zero-order valence-corrected chi connectivity index (χ0v) is 14.6. The normalized spacial score (nSPS) is 10.8. The Morgan fingerprint density at radius 1 is 0.875 bits per heavy atom. The van der Waals surface area contributed by atoms with Crippen LogP contribution in [-0.4, -0.2) is 17.3 Å². The molecule has 0 unspecified atom stereocenters. The minimum Gasteiger partial charge on any atom is -0.497 e. The molecule has 0 spiro atoms. The highest BCUT2D eigenvalue weighted by molar-refractivity contribution is 5.64. The van der Waals surface area contributed by atoms with Crippen LogP contribution in [0.25, 0.3) is 11.1 Å². The number of hydrogen-bond acceptors (Lipinski definition) is 2. The van der Waals surface area contributed by atoms with Gasteiger partial charge in [0.05, 0.1) is 12.8 Å². The summed E-state index contributed by atoms with van der Waals surface area (Å²) >= 11 is 0. The number of rotatable bonds is 6. The van der Waals surface area contributed by atoms with Gasteiger partial charge in [0.2, 0.25) is 0 Å². The molecule has 1 aromatic heterocycles. The Morgan fingerprint density at radius 2 is 1.50 bits per heavy atom. The average molecular weight is 320 g/mol. The number of aromatic amines is 1. The van der Waals surface area contributed by atoms with E-state index < -0.39 is 0 Å². The third-order valence-electron chi connectivity index (χ3n) is 4.49. The van der Waals surface area contributed by atoms with Crippen LogP contribution in [0.5, 0.6) is 5.75 Å². The maximum Gasteiger partial charge on any atom is 0.118 e. The fourth-order valence-electron chi connectivity index (χ4n) is 3.04. The quantitative estimate of drug-likeness (QED) is 0.708. The van der Waals surface area contributed by atoms with Crippen molar-refractivity contribution >= 4 is 0 Å². The fourth-order valence-corrected chi connectivity index (χ4v) is 3.04. The van der Waals surface area contributed by atoms with Gasteiger partial charge in [-0.15, -0.1) is 0 Å². The Morgan fingerprint density at radius 3 is 2.04 bits per heavy atom. The summed E-state index contributed by atoms with van der Waals surface area (Å²) in [5.74, 6) is 0.884. The SMILES string of the molecule is CCc1n[nH]c(CC)c1Cc1ccc(-c2ccc(OC)cc2)cc1. The van der Waals surface area contributed by atoms with Crippen LogP contribution in [0.15, 0.2) is 48.5 Å². The summed E-state index contributed by atoms with van der Waals surface area (Å²) in [6.45, 7) is 4.33. The first-order valence-electron chi connectivity index (χ1n) is 8.53. The van der Waals surface area contributed by atoms with Crippen molar-refractivity contribution in [1.29, 1.82) is 0 Å². The number of hydrogen-bond donors (Lipinski definition) is 1. The number of methoxy groups -OCH3 is 1. The van der Waals surface area contributed by atoms with Gasteiger partial charge in [-0.25, -0.2) is 0 Å². The summed E-state index contributed by atoms with van der Waals surface area (Å²) in [5.41, 5.74) is 7.54. The fraction of sp³-hybridized carbons (Fsp3) is 0.286. The second-order valence-corrected chi connectivity index (χ2v) is 5.94. The predicted molar refractivity (Wildman–Crippen MR) is 98.6 cm³/mol. The standard InChI is InChI=1S/C21H24N2O/c1-4-20-19(21(5-2)23-22-20)14-15-6-8-16(9-7-15)17-10-12-18(24-3)13-11-17/h6-13H,4-5,14H2,1-3H3,(H,22,23). The number of ether oxygens (including phenoxy) is 1. The van der Waals surface area contributed by atoms with Crippen molar-refractivity contribution < 1.29 is 4.74 Å². The van der Waals surface area contributed by atoms with E-state index in [-0.39, 0.29) is 0 Å². The van der Waals surface area contributed by atoms with Gasteiger partial charge in [0.1, 0.15) is 5.75 Å². The van der Waals surface area contributed by atoms with Gasteiger partial charge in [0.25, 0.3) is 0 Å². The van der Waals surface area contributed by atoms with Crippen LogP contribution < -0.4 is 4.74 Å². The van der Waals surface area contributed by atoms with Crippen molar-refractivity contribution in [3.63, 3.8) is 0 Å². The predicted octanol–water partition coefficient (Wildman–Crippen LogP) is 4.80. The molecule has 0 atom stereocenters. The molecule has 3 nitrogen and oxygen atoms in total. The number of nitrogens with zero attached hydrogens (tertiary/aromatic N) is 1. The molecule has 0 aliphatic heterocycles. The van der Waals surface area contributed by atoms with Crippen LogP contribution in [0.2, 0.25) is 0 Å². The lowest BCUT2D eigenvalue weighted by Crippen LogP contribution is -1.96. The van der Waals surface area contributed by atoms with E-state index in [4.69, 9.17) is 4.74 Å². The number of nitrogens with one attached hydrogen (secondary N) is 1. The first-order valence-corrected chi connectivity index (χ1v) is 8.53. The summed E-state index contributed by atoms with van der Waals surface area (Å²) in [6, 6.07) is 17.0. The van der Waals surface area contributed by atoms with Crippen LogP contribution in [-0.2, 0) is 19.3 Å². The Kier molecular flexibility index (Phi) is 4.99. The topological polar surface area (TPSA) is 37.9 Å². The Labute approximate surface area is 143 Å². The molecular weight excluding hydrogens is 296 g/mol. The highest BCUT2D eigenvalue weighted by Gasteiger charge is 2.11. The molecule has 0 aliphatic rings. The molecule has 124 valence electrons. The highest BCUT2D eigenvalue weighted by atomic mass is 16.5. The third kappa shape index (κ3) is 3.35. The van der Waals surface area contributed by atoms with Crippen molar-refractivity contribution in [1.82, 2.24) is 10.2 Å². The molecule has 0 bridgehead atoms. The molecule has 3 heteroatoms. The van der Waals surface area contributed by atoms with Crippen molar-refractivity contribution in [2.24, 2.45) is 0 Å². The zero-order chi connectivity index (χ0) is 16.9. The Bertz CT molecular complexity index is 764. The van der Waals surface area contributed by atoms with E-state index in [2.05, 4.69) is 60.4 Å². The molecule has 24 heavy (non-hydrogen) atoms. The Hall–Kier alpha value is -2.55. The van der Waals surface area contributed by atoms with Crippen LogP contribution >= 0.6 is 0 Å². The van der Waals surface area contributed by atoms with Gasteiger partial charge >= 0.3 is 0 Å². The first-order chi connectivity index (χ1) is 11.7. The molecular formula is C21H24N2O. The average Bonchev–Trinajstić information content (AvgIpc) is 3.04. The largest absolute Gasteiger partial charge is 0.497 e. The monoisotopic (exact) mass is 320 g/mol. The molecule has 1 N–H and O–H groups in total. The van der Waals surface area contributed by atoms with Gasteiger partial charge in [-0.1, -0.05) is 50.2 Å². The number of aryl methyl sites for hydroxylation is 2. The van der Waals surface area contributed by atoms with Crippen molar-refractivity contribution in [2.45, 2.75) is 33.1 Å². The van der Waals surface area contributed by atoms with Gasteiger partial charge in [-0.3, -0.25) is 5.10 Å². The van der Waals surface area contributed by atoms with Crippen LogP contribution in [0.4, 0.5) is 0 Å². The van der Waals surface area contributed by atoms with Crippen molar-refractivity contribution in [3.05, 3.63) is 71.0 Å². The van der Waals surface area contributed by atoms with Gasteiger partial charge < -0.3 is 4.74 Å². The minimum absolute atomic E-state index is 0.884. The van der Waals surface area contributed by atoms with Crippen molar-refractivity contribution in [3.8, 4) is 16.9 Å². The third-order valence-corrected chi connectivity index (χ3v) is 4.49. The molecule has 0 radical (unpaired) electrons. The number of benzene rings is 2. The lowest BCUT2D eigenvalue weighted by molar-refractivity contribution is 0.415. The number of aromatic nitrogens is 2. The van der Waals surface area contributed by atoms with Gasteiger partial charge in [-0.05, 0) is 41.7 Å². The molecule has 0 aliphatic carbocycles. The number of H-pyrrole nitrogens is 1. The molecule has 0 saturated heterocycles. The molecule has 3 aromatic rings. The molecule has 0 amide bonds. The van der Waals surface area contributed by atoms with E-state index in [0.29, 0.717) is 0 Å². The van der Waals surface area contributed by atoms with Crippen LogP contribution in [0.1, 0.15) is 36.4 Å². The molecule has 0 fully saturated rings. The molecule has 1 heterocycles. The van der Waals surface area contributed by atoms with Crippen molar-refractivity contribution in [2.75, 3.05) is 7.11 Å². The summed E-state index contributed by atoms with van der Waals surface area (Å²) in [6.07, 6.45) is 2.90. The van der Waals surface area contributed by atoms with Crippen LogP contribution in [0.3, 0.4) is 0 Å². The smallest absolute Gasteiger partial charge is 0.118 e. The maximum atomic E-state index is 5.22. The highest BCUT2D eigenvalue weighted by Crippen LogP contribution is 2.24. The molecule has 2 aromatic carbocycles. The minimum atomic E-state index is 0.884. The van der Waals surface area contributed by atoms with Gasteiger partial charge in [-0.2, -0.15) is 5.10 Å². The first kappa shape index (κ1) is 16.3. The van der Waals surface area contributed by atoms with E-state index in [1.807, 2.05) is 12.1 Å². The van der Waals surface area contributed by atoms with Gasteiger partial charge in [0, 0.05) is 17.7 Å². The maximum absolute atomic E-state index is 5.22. The summed E-state index contributed by atoms with van der Waals surface area (Å²) in [5, 5.41) is 7.63. The van der Waals surface area contributed by atoms with E-state index >= 15 is 0 Å². The lowest BCUT2D eigenvalue weighted by Gasteiger charge is -2.07. The van der Waals surface area contributed by atoms with Gasteiger partial charge in [0.15, 0.2) is 0 Å². The summed E-state index contributed by atoms with van der Waals surface area (Å²) in [4.78, 5) is 0.